The zero-order valence-electron chi connectivity index (χ0n) is 20.3. The maximum absolute atomic E-state index is 13.0. The van der Waals surface area contributed by atoms with Crippen LogP contribution in [0.1, 0.15) is 60.9 Å². The average molecular weight is 502 g/mol. The predicted molar refractivity (Wildman–Crippen MR) is 131 cm³/mol. The quantitative estimate of drug-likeness (QED) is 0.261. The molecule has 1 saturated carbocycles. The number of rotatable bonds is 8. The molecule has 5 nitrogen and oxygen atoms in total. The van der Waals surface area contributed by atoms with Crippen LogP contribution in [0.3, 0.4) is 0 Å². The highest BCUT2D eigenvalue weighted by atomic mass is 19.4. The Morgan fingerprint density at radius 2 is 1.92 bits per heavy atom. The number of esters is 1. The van der Waals surface area contributed by atoms with Crippen LogP contribution in [0.2, 0.25) is 0 Å². The van der Waals surface area contributed by atoms with E-state index in [0.29, 0.717) is 37.3 Å². The first-order valence-electron chi connectivity index (χ1n) is 11.8. The van der Waals surface area contributed by atoms with Crippen molar-refractivity contribution in [2.75, 3.05) is 6.61 Å². The van der Waals surface area contributed by atoms with Crippen molar-refractivity contribution in [2.24, 2.45) is 11.7 Å². The van der Waals surface area contributed by atoms with Gasteiger partial charge in [0.1, 0.15) is 5.75 Å². The third kappa shape index (κ3) is 6.85. The number of hydrogen-bond acceptors (Lipinski definition) is 5. The Hall–Kier alpha value is -3.39. The van der Waals surface area contributed by atoms with Gasteiger partial charge in [-0.2, -0.15) is 13.2 Å². The molecule has 0 aliphatic heterocycles. The van der Waals surface area contributed by atoms with E-state index < -0.39 is 35.4 Å². The van der Waals surface area contributed by atoms with E-state index in [-0.39, 0.29) is 18.0 Å². The molecule has 0 spiro atoms. The average Bonchev–Trinajstić information content (AvgIpc) is 3.21. The van der Waals surface area contributed by atoms with Crippen LogP contribution in [-0.4, -0.2) is 23.5 Å². The van der Waals surface area contributed by atoms with Crippen molar-refractivity contribution in [2.45, 2.75) is 51.7 Å². The van der Waals surface area contributed by atoms with Crippen LogP contribution >= 0.6 is 0 Å². The lowest BCUT2D eigenvalue weighted by Crippen LogP contribution is -2.25. The van der Waals surface area contributed by atoms with Gasteiger partial charge in [0.15, 0.2) is 5.78 Å². The van der Waals surface area contributed by atoms with E-state index in [1.54, 1.807) is 6.08 Å². The number of Topliss-reactive ketones (excluding diaryl/α,β-unsaturated/α-hetero) is 1. The summed E-state index contributed by atoms with van der Waals surface area (Å²) >= 11 is 0. The number of halogens is 3. The van der Waals surface area contributed by atoms with Gasteiger partial charge in [-0.3, -0.25) is 4.79 Å². The number of phenols is 1. The minimum Gasteiger partial charge on any atom is -0.508 e. The Morgan fingerprint density at radius 3 is 2.56 bits per heavy atom. The van der Waals surface area contributed by atoms with Crippen molar-refractivity contribution >= 4 is 17.8 Å². The molecule has 1 aliphatic carbocycles. The van der Waals surface area contributed by atoms with Crippen molar-refractivity contribution in [3.63, 3.8) is 0 Å². The number of hydrogen-bond donors (Lipinski definition) is 2. The van der Waals surface area contributed by atoms with Gasteiger partial charge in [-0.25, -0.2) is 4.79 Å². The molecule has 0 radical (unpaired) electrons. The molecule has 0 amide bonds. The Labute approximate surface area is 208 Å². The normalized spacial score (nSPS) is 18.5. The third-order valence-electron chi connectivity index (χ3n) is 6.43. The predicted octanol–water partition coefficient (Wildman–Crippen LogP) is 6.05. The largest absolute Gasteiger partial charge is 0.508 e. The van der Waals surface area contributed by atoms with E-state index in [0.717, 1.165) is 28.8 Å². The summed E-state index contributed by atoms with van der Waals surface area (Å²) in [6, 6.07) is 9.43. The van der Waals surface area contributed by atoms with Crippen LogP contribution in [0.4, 0.5) is 13.2 Å². The molecule has 0 aromatic heterocycles. The summed E-state index contributed by atoms with van der Waals surface area (Å²) in [6.45, 7) is 4.03. The minimum absolute atomic E-state index is 0.117. The molecule has 0 bridgehead atoms. The zero-order chi connectivity index (χ0) is 26.5. The number of allylic oxidation sites excluding steroid dienone is 2. The molecule has 36 heavy (non-hydrogen) atoms. The Bertz CT molecular complexity index is 1170. The number of carbonyl (C=O) groups excluding carboxylic acids is 2. The molecule has 1 aliphatic rings. The molecular weight excluding hydrogens is 471 g/mol. The number of benzene rings is 2. The summed E-state index contributed by atoms with van der Waals surface area (Å²) in [6.07, 6.45) is 0.535. The van der Waals surface area contributed by atoms with Gasteiger partial charge in [0.05, 0.1) is 12.2 Å². The van der Waals surface area contributed by atoms with E-state index in [1.807, 2.05) is 38.1 Å². The van der Waals surface area contributed by atoms with Crippen LogP contribution in [0.5, 0.6) is 5.75 Å². The Morgan fingerprint density at radius 1 is 1.22 bits per heavy atom. The maximum atomic E-state index is 13.0. The highest BCUT2D eigenvalue weighted by Crippen LogP contribution is 2.40. The number of aryl methyl sites for hydroxylation is 1. The molecule has 3 rings (SSSR count). The van der Waals surface area contributed by atoms with Gasteiger partial charge >= 0.3 is 12.1 Å². The summed E-state index contributed by atoms with van der Waals surface area (Å²) in [7, 11) is 0. The first-order chi connectivity index (χ1) is 17.0. The van der Waals surface area contributed by atoms with Crippen molar-refractivity contribution in [3.05, 3.63) is 81.9 Å². The maximum Gasteiger partial charge on any atom is 0.416 e. The summed E-state index contributed by atoms with van der Waals surface area (Å²) in [5.41, 5.74) is 8.89. The fraction of sp³-hybridized carbons (Fsp3) is 0.357. The topological polar surface area (TPSA) is 89.6 Å². The standard InChI is InChI=1S/C28H30F3NO4/c1-17-5-7-19(8-6-17)9-14-25(34)36-15-3-4-18(2)21-12-13-23(27(21)35)26(32)22-11-10-20(16-24(22)33)28(29,30)31/h5-11,14,16,23,26,33H,3-4,12-13,15,32H2,1-2H3/b14-9+,21-18+. The second-order valence-electron chi connectivity index (χ2n) is 9.08. The van der Waals surface area contributed by atoms with Crippen LogP contribution in [0, 0.1) is 12.8 Å². The first kappa shape index (κ1) is 27.2. The number of aromatic hydroxyl groups is 1. The second kappa shape index (κ2) is 11.6. The number of ketones is 1. The van der Waals surface area contributed by atoms with Crippen molar-refractivity contribution in [3.8, 4) is 5.75 Å². The van der Waals surface area contributed by atoms with Gasteiger partial charge < -0.3 is 15.6 Å². The van der Waals surface area contributed by atoms with Crippen LogP contribution < -0.4 is 5.73 Å². The number of phenolic OH excluding ortho intramolecular Hbond substituents is 1. The molecule has 3 N–H and O–H groups in total. The Balaban J connectivity index is 1.52. The SMILES string of the molecule is C/C(CCCOC(=O)/C=C/c1ccc(C)cc1)=C1/CCC(C(N)c2ccc(C(F)(F)F)cc2O)C1=O. The van der Waals surface area contributed by atoms with Gasteiger partial charge in [0.2, 0.25) is 0 Å². The fourth-order valence-electron chi connectivity index (χ4n) is 4.31. The summed E-state index contributed by atoms with van der Waals surface area (Å²) in [5, 5.41) is 10.1. The van der Waals surface area contributed by atoms with E-state index >= 15 is 0 Å². The molecule has 2 aromatic carbocycles. The molecule has 2 aromatic rings. The van der Waals surface area contributed by atoms with Crippen molar-refractivity contribution in [1.82, 2.24) is 0 Å². The molecule has 8 heteroatoms. The first-order valence-corrected chi connectivity index (χ1v) is 11.8. The third-order valence-corrected chi connectivity index (χ3v) is 6.43. The number of ether oxygens (including phenoxy) is 1. The van der Waals surface area contributed by atoms with Crippen molar-refractivity contribution < 1.29 is 32.6 Å². The minimum atomic E-state index is -4.58. The molecule has 2 atom stereocenters. The molecule has 0 heterocycles. The van der Waals surface area contributed by atoms with Gasteiger partial charge in [-0.05, 0) is 68.9 Å². The number of carbonyl (C=O) groups is 2. The van der Waals surface area contributed by atoms with Gasteiger partial charge in [-0.15, -0.1) is 0 Å². The highest BCUT2D eigenvalue weighted by Gasteiger charge is 2.37. The number of alkyl halides is 3. The summed E-state index contributed by atoms with van der Waals surface area (Å²) < 4.78 is 43.8. The summed E-state index contributed by atoms with van der Waals surface area (Å²) in [4.78, 5) is 24.9. The highest BCUT2D eigenvalue weighted by molar-refractivity contribution is 6.00. The zero-order valence-corrected chi connectivity index (χ0v) is 20.3. The molecule has 1 fully saturated rings. The van der Waals surface area contributed by atoms with E-state index in [1.165, 1.54) is 6.08 Å². The van der Waals surface area contributed by atoms with E-state index in [4.69, 9.17) is 10.5 Å². The lowest BCUT2D eigenvalue weighted by atomic mass is 9.89. The molecule has 192 valence electrons. The second-order valence-corrected chi connectivity index (χ2v) is 9.08. The monoisotopic (exact) mass is 501 g/mol. The van der Waals surface area contributed by atoms with Crippen LogP contribution in [0.15, 0.2) is 59.7 Å². The molecule has 2 unspecified atom stereocenters. The van der Waals surface area contributed by atoms with Gasteiger partial charge in [0.25, 0.3) is 0 Å². The van der Waals surface area contributed by atoms with Crippen LogP contribution in [0.25, 0.3) is 6.08 Å². The van der Waals surface area contributed by atoms with Crippen LogP contribution in [-0.2, 0) is 20.5 Å². The Kier molecular flexibility index (Phi) is 8.74. The fourth-order valence-corrected chi connectivity index (χ4v) is 4.31. The van der Waals surface area contributed by atoms with Gasteiger partial charge in [-0.1, -0.05) is 41.5 Å². The van der Waals surface area contributed by atoms with Gasteiger partial charge in [0, 0.05) is 23.6 Å². The molecular formula is C28H30F3NO4. The smallest absolute Gasteiger partial charge is 0.416 e. The lowest BCUT2D eigenvalue weighted by Gasteiger charge is -2.20. The number of nitrogens with two attached hydrogens (primary N) is 1. The van der Waals surface area contributed by atoms with E-state index in [9.17, 15) is 27.9 Å². The molecule has 0 saturated heterocycles. The van der Waals surface area contributed by atoms with E-state index in [2.05, 4.69) is 0 Å². The van der Waals surface area contributed by atoms with Crippen molar-refractivity contribution in [1.29, 1.82) is 0 Å². The summed E-state index contributed by atoms with van der Waals surface area (Å²) in [5.74, 6) is -1.79. The lowest BCUT2D eigenvalue weighted by molar-refractivity contribution is -0.138.